The van der Waals surface area contributed by atoms with E-state index in [1.165, 1.54) is 0 Å². The second-order valence-electron chi connectivity index (χ2n) is 9.20. The molecule has 0 aromatic heterocycles. The van der Waals surface area contributed by atoms with Crippen LogP contribution in [0.4, 0.5) is 0 Å². The second-order valence-corrected chi connectivity index (χ2v) is 11.2. The van der Waals surface area contributed by atoms with E-state index in [1.807, 2.05) is 13.8 Å². The number of fused-ring (bicyclic) bond motifs is 2. The molecule has 0 bridgehead atoms. The minimum atomic E-state index is -2.14. The average molecular weight is 606 g/mol. The molecule has 0 N–H and O–H groups in total. The van der Waals surface area contributed by atoms with Crippen LogP contribution in [0.3, 0.4) is 0 Å². The Balaban J connectivity index is 1.42. The zero-order chi connectivity index (χ0) is 29.4. The fourth-order valence-corrected chi connectivity index (χ4v) is 6.56. The monoisotopic (exact) mass is 606 g/mol. The van der Waals surface area contributed by atoms with E-state index in [0.29, 0.717) is 67.9 Å². The van der Waals surface area contributed by atoms with Gasteiger partial charge in [0.25, 0.3) is 0 Å². The maximum absolute atomic E-state index is 12.7. The molecule has 2 atom stereocenters. The fourth-order valence-electron chi connectivity index (χ4n) is 4.44. The summed E-state index contributed by atoms with van der Waals surface area (Å²) in [6.07, 6.45) is 0. The lowest BCUT2D eigenvalue weighted by molar-refractivity contribution is 0.0685. The molecule has 0 spiro atoms. The summed E-state index contributed by atoms with van der Waals surface area (Å²) < 4.78 is 46.5. The largest absolute Gasteiger partial charge is 0.532 e. The number of carbonyl (C=O) groups excluding carboxylic acids is 2. The topological polar surface area (TPSA) is 108 Å². The lowest BCUT2D eigenvalue weighted by atomic mass is 9.98. The van der Waals surface area contributed by atoms with Crippen LogP contribution in [-0.2, 0) is 9.05 Å². The Morgan fingerprint density at radius 1 is 0.548 bits per heavy atom. The number of hydrogen-bond donors (Lipinski definition) is 0. The van der Waals surface area contributed by atoms with Gasteiger partial charge < -0.3 is 36.6 Å². The van der Waals surface area contributed by atoms with Crippen molar-refractivity contribution in [2.75, 3.05) is 14.2 Å². The molecule has 0 radical (unpaired) electrons. The molecule has 2 unspecified atom stereocenters. The molecule has 2 aliphatic rings. The van der Waals surface area contributed by atoms with Gasteiger partial charge in [0.15, 0.2) is 0 Å². The highest BCUT2D eigenvalue weighted by Gasteiger charge is 2.36. The van der Waals surface area contributed by atoms with Crippen LogP contribution >= 0.6 is 17.2 Å². The van der Waals surface area contributed by atoms with Gasteiger partial charge in [0, 0.05) is 11.1 Å². The van der Waals surface area contributed by atoms with Crippen molar-refractivity contribution in [2.45, 2.75) is 13.8 Å². The van der Waals surface area contributed by atoms with E-state index in [1.54, 1.807) is 87.0 Å². The number of para-hydroxylation sites is 2. The van der Waals surface area contributed by atoms with Gasteiger partial charge in [-0.25, -0.2) is 9.59 Å². The summed E-state index contributed by atoms with van der Waals surface area (Å²) in [5.74, 6) is 1.47. The normalized spacial score (nSPS) is 17.0. The van der Waals surface area contributed by atoms with E-state index < -0.39 is 29.1 Å². The molecule has 0 amide bonds. The van der Waals surface area contributed by atoms with Crippen molar-refractivity contribution in [1.82, 2.24) is 0 Å². The predicted octanol–water partition coefficient (Wildman–Crippen LogP) is 7.70. The third-order valence-electron chi connectivity index (χ3n) is 6.46. The van der Waals surface area contributed by atoms with Gasteiger partial charge >= 0.3 is 29.1 Å². The number of benzene rings is 4. The maximum Gasteiger partial charge on any atom is 0.532 e. The van der Waals surface area contributed by atoms with Crippen LogP contribution in [0.2, 0.25) is 0 Å². The molecule has 42 heavy (non-hydrogen) atoms. The minimum Gasteiger partial charge on any atom is -0.497 e. The van der Waals surface area contributed by atoms with Gasteiger partial charge in [-0.2, -0.15) is 0 Å². The molecule has 2 heterocycles. The first-order chi connectivity index (χ1) is 20.3. The number of methoxy groups -OCH3 is 2. The van der Waals surface area contributed by atoms with Crippen LogP contribution in [-0.4, -0.2) is 26.2 Å². The van der Waals surface area contributed by atoms with Gasteiger partial charge in [0.1, 0.15) is 45.6 Å². The SMILES string of the molecule is COc1cc(C)c(OP2OC(=O)c3ccccc3O2)c(-c2cc(OC)cc(C)c2OP2OC(=O)c3ccccc3O2)c1. The Morgan fingerprint density at radius 2 is 0.952 bits per heavy atom. The first-order valence-corrected chi connectivity index (χ1v) is 14.9. The third kappa shape index (κ3) is 5.27. The van der Waals surface area contributed by atoms with Gasteiger partial charge in [0.05, 0.1) is 14.2 Å². The molecule has 2 aliphatic heterocycles. The van der Waals surface area contributed by atoms with Crippen LogP contribution in [0.15, 0.2) is 72.8 Å². The highest BCUT2D eigenvalue weighted by atomic mass is 31.2. The Kier molecular flexibility index (Phi) is 7.50. The molecular weight excluding hydrogens is 582 g/mol. The van der Waals surface area contributed by atoms with E-state index in [0.717, 1.165) is 0 Å². The van der Waals surface area contributed by atoms with Crippen molar-refractivity contribution in [3.63, 3.8) is 0 Å². The lowest BCUT2D eigenvalue weighted by Crippen LogP contribution is -2.15. The zero-order valence-electron chi connectivity index (χ0n) is 22.9. The number of ether oxygens (including phenoxy) is 2. The summed E-state index contributed by atoms with van der Waals surface area (Å²) in [6.45, 7) is 3.66. The van der Waals surface area contributed by atoms with Crippen molar-refractivity contribution in [2.24, 2.45) is 0 Å². The summed E-state index contributed by atoms with van der Waals surface area (Å²) in [5, 5.41) is 0. The molecule has 0 fully saturated rings. The Bertz CT molecular complexity index is 1580. The van der Waals surface area contributed by atoms with Crippen molar-refractivity contribution in [1.29, 1.82) is 0 Å². The van der Waals surface area contributed by atoms with Crippen LogP contribution in [0.1, 0.15) is 31.8 Å². The molecule has 4 aromatic carbocycles. The average Bonchev–Trinajstić information content (AvgIpc) is 2.99. The van der Waals surface area contributed by atoms with Crippen molar-refractivity contribution in [3.05, 3.63) is 95.1 Å². The maximum atomic E-state index is 12.7. The number of carbonyl (C=O) groups is 2. The molecule has 0 saturated carbocycles. The number of rotatable bonds is 7. The summed E-state index contributed by atoms with van der Waals surface area (Å²) in [7, 11) is -1.18. The fraction of sp³-hybridized carbons (Fsp3) is 0.133. The number of hydrogen-bond acceptors (Lipinski definition) is 10. The van der Waals surface area contributed by atoms with Crippen molar-refractivity contribution >= 4 is 29.1 Å². The molecule has 6 rings (SSSR count). The molecule has 0 saturated heterocycles. The van der Waals surface area contributed by atoms with E-state index in [9.17, 15) is 9.59 Å². The molecule has 0 aliphatic carbocycles. The second kappa shape index (κ2) is 11.4. The summed E-state index contributed by atoms with van der Waals surface area (Å²) in [4.78, 5) is 25.3. The molecular formula is C30H24O10P2. The van der Waals surface area contributed by atoms with Gasteiger partial charge in [-0.15, -0.1) is 0 Å². The minimum absolute atomic E-state index is 0.316. The first-order valence-electron chi connectivity index (χ1n) is 12.7. The van der Waals surface area contributed by atoms with Crippen LogP contribution in [0.5, 0.6) is 34.5 Å². The Hall–Kier alpha value is -4.52. The van der Waals surface area contributed by atoms with Gasteiger partial charge in [-0.3, -0.25) is 0 Å². The van der Waals surface area contributed by atoms with Crippen LogP contribution < -0.4 is 27.6 Å². The van der Waals surface area contributed by atoms with Crippen molar-refractivity contribution in [3.8, 4) is 45.6 Å². The predicted molar refractivity (Wildman–Crippen MR) is 155 cm³/mol. The van der Waals surface area contributed by atoms with Gasteiger partial charge in [-0.05, 0) is 73.5 Å². The van der Waals surface area contributed by atoms with E-state index in [2.05, 4.69) is 0 Å². The number of aryl methyl sites for hydroxylation is 2. The van der Waals surface area contributed by atoms with Crippen molar-refractivity contribution < 1.29 is 46.2 Å². The summed E-state index contributed by atoms with van der Waals surface area (Å²) in [6, 6.07) is 20.7. The van der Waals surface area contributed by atoms with E-state index in [-0.39, 0.29) is 0 Å². The van der Waals surface area contributed by atoms with E-state index >= 15 is 0 Å². The zero-order valence-corrected chi connectivity index (χ0v) is 24.7. The third-order valence-corrected chi connectivity index (χ3v) is 8.45. The van der Waals surface area contributed by atoms with Crippen LogP contribution in [0, 0.1) is 13.8 Å². The summed E-state index contributed by atoms with van der Waals surface area (Å²) >= 11 is 0. The van der Waals surface area contributed by atoms with Gasteiger partial charge in [-0.1, -0.05) is 24.3 Å². The molecule has 10 nitrogen and oxygen atoms in total. The smallest absolute Gasteiger partial charge is 0.497 e. The van der Waals surface area contributed by atoms with E-state index in [4.69, 9.17) is 36.6 Å². The quantitative estimate of drug-likeness (QED) is 0.194. The molecule has 4 aromatic rings. The highest BCUT2D eigenvalue weighted by molar-refractivity contribution is 7.43. The Morgan fingerprint density at radius 3 is 1.36 bits per heavy atom. The molecule has 12 heteroatoms. The Labute approximate surface area is 244 Å². The highest BCUT2D eigenvalue weighted by Crippen LogP contribution is 2.55. The molecule has 214 valence electrons. The summed E-state index contributed by atoms with van der Waals surface area (Å²) in [5.41, 5.74) is 3.05. The van der Waals surface area contributed by atoms with Gasteiger partial charge in [0.2, 0.25) is 0 Å². The first kappa shape index (κ1) is 27.6. The lowest BCUT2D eigenvalue weighted by Gasteiger charge is -2.26. The standard InChI is InChI=1S/C30H24O10P2/c1-17-13-19(33-3)15-23(27(17)37-41-35-25-11-7-5-9-21(25)29(31)39-41)24-16-20(34-4)14-18(2)28(24)38-42-36-26-12-8-6-10-22(26)30(32)40-42/h5-16H,1-4H3. The van der Waals surface area contributed by atoms with Crippen LogP contribution in [0.25, 0.3) is 11.1 Å².